The zero-order valence-corrected chi connectivity index (χ0v) is 21.4. The summed E-state index contributed by atoms with van der Waals surface area (Å²) in [6.07, 6.45) is 1.14. The van der Waals surface area contributed by atoms with Crippen molar-refractivity contribution in [1.29, 1.82) is 0 Å². The van der Waals surface area contributed by atoms with Crippen LogP contribution in [0.3, 0.4) is 0 Å². The Morgan fingerprint density at radius 1 is 1.09 bits per heavy atom. The number of rotatable bonds is 6. The van der Waals surface area contributed by atoms with Gasteiger partial charge in [0.05, 0.1) is 26.4 Å². The fourth-order valence-electron chi connectivity index (χ4n) is 4.64. The fraction of sp³-hybridized carbons (Fsp3) is 0.480. The van der Waals surface area contributed by atoms with Gasteiger partial charge in [-0.1, -0.05) is 42.5 Å². The van der Waals surface area contributed by atoms with Crippen LogP contribution in [0, 0.1) is 0 Å². The number of nitrogens with one attached hydrogen (secondary N) is 1. The first kappa shape index (κ1) is 24.8. The minimum absolute atomic E-state index is 0. The normalized spacial score (nSPS) is 20.5. The highest BCUT2D eigenvalue weighted by Gasteiger charge is 2.28. The van der Waals surface area contributed by atoms with E-state index >= 15 is 0 Å². The number of nitrogens with zero attached hydrogens (tertiary/aromatic N) is 3. The van der Waals surface area contributed by atoms with Gasteiger partial charge in [0.25, 0.3) is 0 Å². The molecule has 174 valence electrons. The minimum Gasteiger partial charge on any atom is -0.497 e. The molecule has 0 saturated carbocycles. The molecule has 2 aliphatic heterocycles. The molecule has 0 aromatic heterocycles. The lowest BCUT2D eigenvalue weighted by atomic mass is 9.98. The Labute approximate surface area is 209 Å². The van der Waals surface area contributed by atoms with Crippen molar-refractivity contribution in [3.8, 4) is 5.75 Å². The molecule has 1 N–H and O–H groups in total. The van der Waals surface area contributed by atoms with Crippen LogP contribution in [0.1, 0.15) is 29.5 Å². The smallest absolute Gasteiger partial charge is 0.193 e. The molecule has 4 rings (SSSR count). The number of hydrogen-bond donors (Lipinski definition) is 1. The van der Waals surface area contributed by atoms with E-state index in [1.807, 2.05) is 7.05 Å². The third-order valence-corrected chi connectivity index (χ3v) is 6.41. The Hall–Kier alpha value is -1.84. The Kier molecular flexibility index (Phi) is 9.62. The molecule has 2 fully saturated rings. The number of morpholine rings is 1. The first-order valence-corrected chi connectivity index (χ1v) is 11.2. The highest BCUT2D eigenvalue weighted by molar-refractivity contribution is 14.0. The summed E-state index contributed by atoms with van der Waals surface area (Å²) in [5.41, 5.74) is 2.71. The second kappa shape index (κ2) is 12.4. The lowest BCUT2D eigenvalue weighted by Crippen LogP contribution is -2.47. The highest BCUT2D eigenvalue weighted by Crippen LogP contribution is 2.29. The van der Waals surface area contributed by atoms with E-state index in [9.17, 15) is 0 Å². The van der Waals surface area contributed by atoms with Crippen molar-refractivity contribution in [2.24, 2.45) is 4.99 Å². The monoisotopic (exact) mass is 550 g/mol. The average Bonchev–Trinajstić information content (AvgIpc) is 3.33. The lowest BCUT2D eigenvalue weighted by Gasteiger charge is -2.35. The van der Waals surface area contributed by atoms with E-state index in [1.165, 1.54) is 11.1 Å². The molecule has 6 nitrogen and oxygen atoms in total. The molecule has 2 aromatic carbocycles. The van der Waals surface area contributed by atoms with E-state index in [0.29, 0.717) is 12.0 Å². The van der Waals surface area contributed by atoms with Gasteiger partial charge in [-0.2, -0.15) is 0 Å². The van der Waals surface area contributed by atoms with Crippen LogP contribution in [-0.4, -0.2) is 75.9 Å². The molecule has 2 aromatic rings. The summed E-state index contributed by atoms with van der Waals surface area (Å²) >= 11 is 0. The number of halogens is 1. The molecule has 0 aliphatic carbocycles. The van der Waals surface area contributed by atoms with Gasteiger partial charge < -0.3 is 19.7 Å². The Morgan fingerprint density at radius 2 is 1.81 bits per heavy atom. The largest absolute Gasteiger partial charge is 0.497 e. The molecule has 2 atom stereocenters. The van der Waals surface area contributed by atoms with Gasteiger partial charge >= 0.3 is 0 Å². The Morgan fingerprint density at radius 3 is 2.47 bits per heavy atom. The summed E-state index contributed by atoms with van der Waals surface area (Å²) in [5.74, 6) is 2.42. The predicted octanol–water partition coefficient (Wildman–Crippen LogP) is 3.75. The summed E-state index contributed by atoms with van der Waals surface area (Å²) in [5, 5.41) is 3.67. The average molecular weight is 550 g/mol. The van der Waals surface area contributed by atoms with Crippen molar-refractivity contribution in [3.05, 3.63) is 65.7 Å². The zero-order chi connectivity index (χ0) is 21.5. The molecule has 0 bridgehead atoms. The molecule has 0 amide bonds. The summed E-state index contributed by atoms with van der Waals surface area (Å²) in [7, 11) is 3.59. The first-order chi connectivity index (χ1) is 15.3. The number of ether oxygens (including phenoxy) is 2. The summed E-state index contributed by atoms with van der Waals surface area (Å²) in [6, 6.07) is 19.6. The van der Waals surface area contributed by atoms with E-state index in [0.717, 1.165) is 64.1 Å². The third kappa shape index (κ3) is 6.14. The molecule has 7 heteroatoms. The molecular weight excluding hydrogens is 515 g/mol. The van der Waals surface area contributed by atoms with Crippen LogP contribution in [-0.2, 0) is 4.74 Å². The van der Waals surface area contributed by atoms with Gasteiger partial charge in [-0.3, -0.25) is 9.89 Å². The first-order valence-electron chi connectivity index (χ1n) is 11.2. The van der Waals surface area contributed by atoms with Crippen LogP contribution in [0.5, 0.6) is 5.75 Å². The number of likely N-dealkylation sites (tertiary alicyclic amines) is 1. The summed E-state index contributed by atoms with van der Waals surface area (Å²) in [6.45, 7) is 6.36. The quantitative estimate of drug-likeness (QED) is 0.338. The van der Waals surface area contributed by atoms with Gasteiger partial charge in [-0.15, -0.1) is 24.0 Å². The van der Waals surface area contributed by atoms with E-state index in [2.05, 4.69) is 74.7 Å². The number of guanidine groups is 1. The molecule has 2 aliphatic rings. The number of hydrogen-bond acceptors (Lipinski definition) is 4. The van der Waals surface area contributed by atoms with Crippen molar-refractivity contribution in [2.75, 3.05) is 60.1 Å². The molecule has 2 heterocycles. The Bertz CT molecular complexity index is 841. The van der Waals surface area contributed by atoms with Gasteiger partial charge in [-0.25, -0.2) is 0 Å². The predicted molar refractivity (Wildman–Crippen MR) is 140 cm³/mol. The van der Waals surface area contributed by atoms with E-state index in [1.54, 1.807) is 7.11 Å². The fourth-order valence-corrected chi connectivity index (χ4v) is 4.64. The summed E-state index contributed by atoms with van der Waals surface area (Å²) in [4.78, 5) is 9.51. The van der Waals surface area contributed by atoms with Gasteiger partial charge in [-0.05, 0) is 29.7 Å². The van der Waals surface area contributed by atoms with Crippen LogP contribution in [0.25, 0.3) is 0 Å². The molecule has 0 spiro atoms. The van der Waals surface area contributed by atoms with Gasteiger partial charge in [0.2, 0.25) is 0 Å². The summed E-state index contributed by atoms with van der Waals surface area (Å²) < 4.78 is 10.9. The van der Waals surface area contributed by atoms with Crippen LogP contribution in [0.2, 0.25) is 0 Å². The maximum absolute atomic E-state index is 5.58. The van der Waals surface area contributed by atoms with Crippen LogP contribution < -0.4 is 10.1 Å². The zero-order valence-electron chi connectivity index (χ0n) is 19.1. The second-order valence-corrected chi connectivity index (χ2v) is 8.21. The van der Waals surface area contributed by atoms with Gasteiger partial charge in [0.1, 0.15) is 5.75 Å². The van der Waals surface area contributed by atoms with Crippen LogP contribution >= 0.6 is 24.0 Å². The van der Waals surface area contributed by atoms with Crippen LogP contribution in [0.15, 0.2) is 59.6 Å². The maximum Gasteiger partial charge on any atom is 0.193 e. The van der Waals surface area contributed by atoms with Crippen LogP contribution in [0.4, 0.5) is 0 Å². The van der Waals surface area contributed by atoms with Crippen molar-refractivity contribution >= 4 is 29.9 Å². The SMILES string of the molecule is CN=C(NCC(c1ccccc1)N1CCOCC1)N1CCC(c2ccc(OC)cc2)C1.I. The molecule has 0 radical (unpaired) electrons. The van der Waals surface area contributed by atoms with Crippen molar-refractivity contribution in [3.63, 3.8) is 0 Å². The highest BCUT2D eigenvalue weighted by atomic mass is 127. The molecule has 32 heavy (non-hydrogen) atoms. The van der Waals surface area contributed by atoms with Gasteiger partial charge in [0.15, 0.2) is 5.96 Å². The number of methoxy groups -OCH3 is 1. The number of aliphatic imine (C=N–C) groups is 1. The third-order valence-electron chi connectivity index (χ3n) is 6.41. The molecule has 2 saturated heterocycles. The Balaban J connectivity index is 0.00000289. The van der Waals surface area contributed by atoms with E-state index < -0.39 is 0 Å². The van der Waals surface area contributed by atoms with Crippen molar-refractivity contribution < 1.29 is 9.47 Å². The lowest BCUT2D eigenvalue weighted by molar-refractivity contribution is 0.0169. The van der Waals surface area contributed by atoms with Gasteiger partial charge in [0, 0.05) is 45.7 Å². The minimum atomic E-state index is 0. The number of benzene rings is 2. The van der Waals surface area contributed by atoms with Crippen molar-refractivity contribution in [2.45, 2.75) is 18.4 Å². The molecular formula is C25H35IN4O2. The van der Waals surface area contributed by atoms with Crippen molar-refractivity contribution in [1.82, 2.24) is 15.1 Å². The maximum atomic E-state index is 5.58. The molecule has 2 unspecified atom stereocenters. The topological polar surface area (TPSA) is 49.3 Å². The van der Waals surface area contributed by atoms with E-state index in [-0.39, 0.29) is 24.0 Å². The van der Waals surface area contributed by atoms with E-state index in [4.69, 9.17) is 9.47 Å². The standard InChI is InChI=1S/C25H34N4O2.HI/c1-26-25(29-13-12-22(19-29)20-8-10-23(30-2)11-9-20)27-18-24(21-6-4-3-5-7-21)28-14-16-31-17-15-28;/h3-11,22,24H,12-19H2,1-2H3,(H,26,27);1H. The second-order valence-electron chi connectivity index (χ2n) is 8.21.